The fourth-order valence-electron chi connectivity index (χ4n) is 1.37. The van der Waals surface area contributed by atoms with Gasteiger partial charge < -0.3 is 9.84 Å². The summed E-state index contributed by atoms with van der Waals surface area (Å²) in [6.07, 6.45) is 0. The molecule has 0 amide bonds. The van der Waals surface area contributed by atoms with E-state index in [2.05, 4.69) is 50.1 Å². The van der Waals surface area contributed by atoms with Gasteiger partial charge in [0.2, 0.25) is 5.89 Å². The molecular formula is C11H21N3O. The summed E-state index contributed by atoms with van der Waals surface area (Å²) in [4.78, 5) is 4.35. The Labute approximate surface area is 91.5 Å². The van der Waals surface area contributed by atoms with Gasteiger partial charge in [-0.3, -0.25) is 0 Å². The Hall–Kier alpha value is -0.900. The molecule has 0 bridgehead atoms. The average molecular weight is 211 g/mol. The lowest BCUT2D eigenvalue weighted by atomic mass is 10.1. The van der Waals surface area contributed by atoms with Crippen molar-refractivity contribution < 1.29 is 4.52 Å². The molecule has 1 atom stereocenters. The molecule has 4 heteroatoms. The second-order valence-corrected chi connectivity index (χ2v) is 5.26. The molecule has 1 unspecified atom stereocenters. The summed E-state index contributed by atoms with van der Waals surface area (Å²) < 4.78 is 5.21. The third kappa shape index (κ3) is 3.63. The van der Waals surface area contributed by atoms with Crippen molar-refractivity contribution in [1.29, 1.82) is 0 Å². The average Bonchev–Trinajstić information content (AvgIpc) is 2.47. The summed E-state index contributed by atoms with van der Waals surface area (Å²) >= 11 is 0. The van der Waals surface area contributed by atoms with Crippen LogP contribution < -0.4 is 5.32 Å². The van der Waals surface area contributed by atoms with Crippen LogP contribution in [0.1, 0.15) is 65.2 Å². The van der Waals surface area contributed by atoms with Crippen molar-refractivity contribution in [2.45, 2.75) is 59.0 Å². The van der Waals surface area contributed by atoms with Gasteiger partial charge in [0.05, 0.1) is 6.04 Å². The first-order valence-electron chi connectivity index (χ1n) is 5.41. The second kappa shape index (κ2) is 4.31. The number of nitrogens with zero attached hydrogens (tertiary/aromatic N) is 2. The van der Waals surface area contributed by atoms with E-state index in [0.29, 0.717) is 11.8 Å². The summed E-state index contributed by atoms with van der Waals surface area (Å²) in [6, 6.07) is 0.0880. The topological polar surface area (TPSA) is 51.0 Å². The molecule has 1 N–H and O–H groups in total. The first-order chi connectivity index (χ1) is 6.79. The molecule has 0 aromatic carbocycles. The molecule has 1 heterocycles. The highest BCUT2D eigenvalue weighted by atomic mass is 16.5. The van der Waals surface area contributed by atoms with E-state index in [0.717, 1.165) is 5.82 Å². The van der Waals surface area contributed by atoms with E-state index in [1.165, 1.54) is 0 Å². The van der Waals surface area contributed by atoms with E-state index < -0.39 is 0 Å². The van der Waals surface area contributed by atoms with Crippen molar-refractivity contribution in [2.75, 3.05) is 0 Å². The molecule has 1 rings (SSSR count). The highest BCUT2D eigenvalue weighted by Gasteiger charge is 2.20. The van der Waals surface area contributed by atoms with Crippen LogP contribution in [0.3, 0.4) is 0 Å². The second-order valence-electron chi connectivity index (χ2n) is 5.26. The van der Waals surface area contributed by atoms with E-state index in [-0.39, 0.29) is 11.6 Å². The van der Waals surface area contributed by atoms with Crippen molar-refractivity contribution in [3.05, 3.63) is 11.7 Å². The normalized spacial score (nSPS) is 14.6. The van der Waals surface area contributed by atoms with Gasteiger partial charge in [-0.15, -0.1) is 0 Å². The van der Waals surface area contributed by atoms with Crippen molar-refractivity contribution in [2.24, 2.45) is 0 Å². The molecule has 4 nitrogen and oxygen atoms in total. The molecule has 86 valence electrons. The molecule has 15 heavy (non-hydrogen) atoms. The van der Waals surface area contributed by atoms with Gasteiger partial charge in [-0.2, -0.15) is 4.98 Å². The van der Waals surface area contributed by atoms with Gasteiger partial charge in [0, 0.05) is 11.5 Å². The maximum Gasteiger partial charge on any atom is 0.243 e. The molecule has 0 saturated carbocycles. The van der Waals surface area contributed by atoms with E-state index in [1.54, 1.807) is 0 Å². The Morgan fingerprint density at radius 2 is 1.80 bits per heavy atom. The predicted octanol–water partition coefficient (Wildman–Crippen LogP) is 2.64. The monoisotopic (exact) mass is 211 g/mol. The standard InChI is InChI=1S/C11H21N3O/c1-7(2)9-12-10(15-14-9)8(3)13-11(4,5)6/h7-8,13H,1-6H3. The van der Waals surface area contributed by atoms with Crippen molar-refractivity contribution in [3.8, 4) is 0 Å². The summed E-state index contributed by atoms with van der Waals surface area (Å²) in [5.74, 6) is 1.74. The predicted molar refractivity (Wildman–Crippen MR) is 59.7 cm³/mol. The molecule has 0 aliphatic rings. The van der Waals surface area contributed by atoms with Crippen LogP contribution in [-0.4, -0.2) is 15.7 Å². The summed E-state index contributed by atoms with van der Waals surface area (Å²) in [7, 11) is 0. The first kappa shape index (κ1) is 12.2. The van der Waals surface area contributed by atoms with Gasteiger partial charge in [-0.25, -0.2) is 0 Å². The Bertz CT molecular complexity index is 312. The number of rotatable bonds is 3. The maximum absolute atomic E-state index is 5.21. The number of hydrogen-bond donors (Lipinski definition) is 1. The van der Waals surface area contributed by atoms with Crippen LogP contribution in [0.4, 0.5) is 0 Å². The molecule has 0 saturated heterocycles. The van der Waals surface area contributed by atoms with Crippen LogP contribution in [0.5, 0.6) is 0 Å². The molecular weight excluding hydrogens is 190 g/mol. The minimum atomic E-state index is 0.0475. The lowest BCUT2D eigenvalue weighted by Gasteiger charge is -2.23. The first-order valence-corrected chi connectivity index (χ1v) is 5.41. The minimum Gasteiger partial charge on any atom is -0.338 e. The third-order valence-corrected chi connectivity index (χ3v) is 1.99. The lowest BCUT2D eigenvalue weighted by molar-refractivity contribution is 0.295. The Balaban J connectivity index is 2.70. The molecule has 0 spiro atoms. The van der Waals surface area contributed by atoms with Gasteiger partial charge in [-0.05, 0) is 27.7 Å². The van der Waals surface area contributed by atoms with Crippen LogP contribution in [0.15, 0.2) is 4.52 Å². The largest absolute Gasteiger partial charge is 0.338 e. The molecule has 1 aromatic rings. The fraction of sp³-hybridized carbons (Fsp3) is 0.818. The zero-order valence-electron chi connectivity index (χ0n) is 10.5. The number of hydrogen-bond acceptors (Lipinski definition) is 4. The van der Waals surface area contributed by atoms with Crippen LogP contribution in [0, 0.1) is 0 Å². The third-order valence-electron chi connectivity index (χ3n) is 1.99. The van der Waals surface area contributed by atoms with Gasteiger partial charge in [0.1, 0.15) is 0 Å². The smallest absolute Gasteiger partial charge is 0.243 e. The molecule has 0 aliphatic carbocycles. The Morgan fingerprint density at radius 1 is 1.20 bits per heavy atom. The lowest BCUT2D eigenvalue weighted by Crippen LogP contribution is -2.37. The number of aromatic nitrogens is 2. The highest BCUT2D eigenvalue weighted by Crippen LogP contribution is 2.17. The Kier molecular flexibility index (Phi) is 3.50. The van der Waals surface area contributed by atoms with Crippen LogP contribution in [0.2, 0.25) is 0 Å². The van der Waals surface area contributed by atoms with Crippen LogP contribution in [-0.2, 0) is 0 Å². The van der Waals surface area contributed by atoms with E-state index in [1.807, 2.05) is 6.92 Å². The van der Waals surface area contributed by atoms with E-state index in [4.69, 9.17) is 4.52 Å². The zero-order chi connectivity index (χ0) is 11.6. The zero-order valence-corrected chi connectivity index (χ0v) is 10.5. The minimum absolute atomic E-state index is 0.0475. The van der Waals surface area contributed by atoms with Crippen molar-refractivity contribution >= 4 is 0 Å². The van der Waals surface area contributed by atoms with Crippen LogP contribution in [0.25, 0.3) is 0 Å². The van der Waals surface area contributed by atoms with Gasteiger partial charge in [-0.1, -0.05) is 19.0 Å². The van der Waals surface area contributed by atoms with E-state index in [9.17, 15) is 0 Å². The highest BCUT2D eigenvalue weighted by molar-refractivity contribution is 4.96. The molecule has 0 fully saturated rings. The maximum atomic E-state index is 5.21. The molecule has 0 radical (unpaired) electrons. The fourth-order valence-corrected chi connectivity index (χ4v) is 1.37. The van der Waals surface area contributed by atoms with Gasteiger partial charge in [0.25, 0.3) is 0 Å². The Morgan fingerprint density at radius 3 is 2.20 bits per heavy atom. The van der Waals surface area contributed by atoms with Crippen molar-refractivity contribution in [1.82, 2.24) is 15.5 Å². The SMILES string of the molecule is CC(C)c1noc(C(C)NC(C)(C)C)n1. The summed E-state index contributed by atoms with van der Waals surface area (Å²) in [5, 5.41) is 7.33. The van der Waals surface area contributed by atoms with E-state index >= 15 is 0 Å². The quantitative estimate of drug-likeness (QED) is 0.835. The summed E-state index contributed by atoms with van der Waals surface area (Å²) in [5.41, 5.74) is 0.0475. The van der Waals surface area contributed by atoms with Gasteiger partial charge >= 0.3 is 0 Å². The van der Waals surface area contributed by atoms with Crippen LogP contribution >= 0.6 is 0 Å². The van der Waals surface area contributed by atoms with Crippen molar-refractivity contribution in [3.63, 3.8) is 0 Å². The summed E-state index contributed by atoms with van der Waals surface area (Å²) in [6.45, 7) is 12.5. The van der Waals surface area contributed by atoms with Gasteiger partial charge in [0.15, 0.2) is 5.82 Å². The molecule has 1 aromatic heterocycles. The molecule has 0 aliphatic heterocycles. The number of nitrogens with one attached hydrogen (secondary N) is 1.